The van der Waals surface area contributed by atoms with Crippen LogP contribution in [-0.4, -0.2) is 20.9 Å². The molecular weight excluding hydrogens is 368 g/mol. The summed E-state index contributed by atoms with van der Waals surface area (Å²) in [6, 6.07) is 15.4. The van der Waals surface area contributed by atoms with E-state index in [1.165, 1.54) is 4.68 Å². The van der Waals surface area contributed by atoms with Crippen molar-refractivity contribution in [3.05, 3.63) is 74.7 Å². The maximum Gasteiger partial charge on any atom is 0.298 e. The van der Waals surface area contributed by atoms with Gasteiger partial charge in [0.05, 0.1) is 6.21 Å². The highest BCUT2D eigenvalue weighted by atomic mass is 79.9. The van der Waals surface area contributed by atoms with E-state index in [0.717, 1.165) is 20.9 Å². The van der Waals surface area contributed by atoms with Gasteiger partial charge in [-0.25, -0.2) is 4.98 Å². The van der Waals surface area contributed by atoms with Crippen LogP contribution in [0.5, 0.6) is 0 Å². The normalized spacial score (nSPS) is 11.8. The first-order valence-corrected chi connectivity index (χ1v) is 8.23. The van der Waals surface area contributed by atoms with Gasteiger partial charge in [-0.15, -0.1) is 0 Å². The number of aromatic nitrogens is 3. The Bertz CT molecular complexity index is 1140. The molecule has 6 heteroatoms. The van der Waals surface area contributed by atoms with Gasteiger partial charge in [0.2, 0.25) is 0 Å². The molecule has 0 aliphatic heterocycles. The molecule has 0 fully saturated rings. The SMILES string of the molecule is Cc1nc2c([nH]c3ccc(Br)cc32)c(=O)n1/N=C/c1ccccc1. The zero-order chi connectivity index (χ0) is 16.7. The Hall–Kier alpha value is -2.73. The highest BCUT2D eigenvalue weighted by Gasteiger charge is 2.13. The summed E-state index contributed by atoms with van der Waals surface area (Å²) in [5.41, 5.74) is 2.71. The number of fused-ring (bicyclic) bond motifs is 3. The summed E-state index contributed by atoms with van der Waals surface area (Å²) >= 11 is 3.46. The monoisotopic (exact) mass is 380 g/mol. The number of nitrogens with one attached hydrogen (secondary N) is 1. The van der Waals surface area contributed by atoms with Crippen molar-refractivity contribution >= 4 is 44.1 Å². The summed E-state index contributed by atoms with van der Waals surface area (Å²) in [6.07, 6.45) is 1.65. The predicted molar refractivity (Wildman–Crippen MR) is 99.7 cm³/mol. The van der Waals surface area contributed by atoms with Gasteiger partial charge in [0.15, 0.2) is 0 Å². The van der Waals surface area contributed by atoms with Crippen molar-refractivity contribution < 1.29 is 0 Å². The number of hydrogen-bond acceptors (Lipinski definition) is 3. The van der Waals surface area contributed by atoms with Crippen molar-refractivity contribution in [1.29, 1.82) is 0 Å². The lowest BCUT2D eigenvalue weighted by molar-refractivity contribution is 0.770. The lowest BCUT2D eigenvalue weighted by Crippen LogP contribution is -2.20. The Morgan fingerprint density at radius 1 is 1.21 bits per heavy atom. The summed E-state index contributed by atoms with van der Waals surface area (Å²) in [4.78, 5) is 20.5. The second-order valence-electron chi connectivity index (χ2n) is 5.47. The molecule has 2 heterocycles. The van der Waals surface area contributed by atoms with E-state index in [1.807, 2.05) is 48.5 Å². The molecule has 0 saturated carbocycles. The van der Waals surface area contributed by atoms with Crippen molar-refractivity contribution in [1.82, 2.24) is 14.6 Å². The first-order valence-electron chi connectivity index (χ1n) is 7.43. The quantitative estimate of drug-likeness (QED) is 0.537. The molecule has 0 spiro atoms. The fourth-order valence-electron chi connectivity index (χ4n) is 2.68. The van der Waals surface area contributed by atoms with Crippen LogP contribution in [0.25, 0.3) is 21.9 Å². The minimum absolute atomic E-state index is 0.211. The molecule has 2 aromatic carbocycles. The van der Waals surface area contributed by atoms with Crippen molar-refractivity contribution in [2.75, 3.05) is 0 Å². The van der Waals surface area contributed by atoms with Gasteiger partial charge in [0.1, 0.15) is 16.9 Å². The number of aryl methyl sites for hydroxylation is 1. The smallest absolute Gasteiger partial charge is 0.298 e. The van der Waals surface area contributed by atoms with Gasteiger partial charge in [-0.2, -0.15) is 9.78 Å². The second kappa shape index (κ2) is 5.72. The van der Waals surface area contributed by atoms with Crippen LogP contribution in [0.2, 0.25) is 0 Å². The predicted octanol–water partition coefficient (Wildman–Crippen LogP) is 3.83. The highest BCUT2D eigenvalue weighted by Crippen LogP contribution is 2.25. The molecule has 0 bridgehead atoms. The lowest BCUT2D eigenvalue weighted by atomic mass is 10.2. The number of aromatic amines is 1. The molecule has 4 rings (SSSR count). The van der Waals surface area contributed by atoms with Crippen molar-refractivity contribution in [3.63, 3.8) is 0 Å². The average Bonchev–Trinajstić information content (AvgIpc) is 2.94. The molecule has 24 heavy (non-hydrogen) atoms. The van der Waals surface area contributed by atoms with Gasteiger partial charge in [0.25, 0.3) is 5.56 Å². The first-order chi connectivity index (χ1) is 11.6. The Morgan fingerprint density at radius 3 is 2.79 bits per heavy atom. The molecule has 1 N–H and O–H groups in total. The third-order valence-electron chi connectivity index (χ3n) is 3.84. The number of rotatable bonds is 2. The van der Waals surface area contributed by atoms with E-state index in [9.17, 15) is 4.79 Å². The van der Waals surface area contributed by atoms with E-state index in [-0.39, 0.29) is 5.56 Å². The molecule has 118 valence electrons. The lowest BCUT2D eigenvalue weighted by Gasteiger charge is -2.03. The fourth-order valence-corrected chi connectivity index (χ4v) is 3.04. The molecule has 0 atom stereocenters. The number of nitrogens with zero attached hydrogens (tertiary/aromatic N) is 3. The fraction of sp³-hybridized carbons (Fsp3) is 0.0556. The van der Waals surface area contributed by atoms with Gasteiger partial charge in [0, 0.05) is 15.4 Å². The molecule has 0 aliphatic carbocycles. The largest absolute Gasteiger partial charge is 0.349 e. The highest BCUT2D eigenvalue weighted by molar-refractivity contribution is 9.10. The maximum atomic E-state index is 12.8. The third kappa shape index (κ3) is 2.45. The van der Waals surface area contributed by atoms with Crippen LogP contribution in [0.15, 0.2) is 62.9 Å². The van der Waals surface area contributed by atoms with E-state index in [0.29, 0.717) is 16.9 Å². The molecule has 4 aromatic rings. The van der Waals surface area contributed by atoms with Crippen LogP contribution < -0.4 is 5.56 Å². The van der Waals surface area contributed by atoms with E-state index in [4.69, 9.17) is 0 Å². The number of halogens is 1. The molecular formula is C18H13BrN4O. The van der Waals surface area contributed by atoms with E-state index in [1.54, 1.807) is 13.1 Å². The minimum Gasteiger partial charge on any atom is -0.349 e. The molecule has 0 saturated heterocycles. The molecule has 2 aromatic heterocycles. The first kappa shape index (κ1) is 14.8. The van der Waals surface area contributed by atoms with Crippen LogP contribution in [-0.2, 0) is 0 Å². The number of H-pyrrole nitrogens is 1. The molecule has 0 amide bonds. The summed E-state index contributed by atoms with van der Waals surface area (Å²) in [5, 5.41) is 5.22. The zero-order valence-corrected chi connectivity index (χ0v) is 14.4. The minimum atomic E-state index is -0.211. The molecule has 0 aliphatic rings. The van der Waals surface area contributed by atoms with E-state index in [2.05, 4.69) is 31.0 Å². The summed E-state index contributed by atoms with van der Waals surface area (Å²) in [6.45, 7) is 1.78. The van der Waals surface area contributed by atoms with Crippen LogP contribution in [0, 0.1) is 6.92 Å². The van der Waals surface area contributed by atoms with Crippen molar-refractivity contribution in [2.45, 2.75) is 6.92 Å². The van der Waals surface area contributed by atoms with Gasteiger partial charge >= 0.3 is 0 Å². The van der Waals surface area contributed by atoms with Crippen LogP contribution in [0.1, 0.15) is 11.4 Å². The van der Waals surface area contributed by atoms with Gasteiger partial charge in [-0.1, -0.05) is 46.3 Å². The van der Waals surface area contributed by atoms with Gasteiger partial charge in [-0.05, 0) is 30.7 Å². The van der Waals surface area contributed by atoms with E-state index < -0.39 is 0 Å². The van der Waals surface area contributed by atoms with Gasteiger partial charge < -0.3 is 4.98 Å². The Kier molecular flexibility index (Phi) is 3.54. The standard InChI is InChI=1S/C18H13BrN4O/c1-11-21-16-14-9-13(19)7-8-15(14)22-17(16)18(24)23(11)20-10-12-5-3-2-4-6-12/h2-10,22H,1H3/b20-10+. The van der Waals surface area contributed by atoms with Crippen LogP contribution in [0.3, 0.4) is 0 Å². The van der Waals surface area contributed by atoms with Crippen molar-refractivity contribution in [2.24, 2.45) is 5.10 Å². The summed E-state index contributed by atoms with van der Waals surface area (Å²) in [7, 11) is 0. The summed E-state index contributed by atoms with van der Waals surface area (Å²) in [5.74, 6) is 0.542. The zero-order valence-electron chi connectivity index (χ0n) is 12.8. The topological polar surface area (TPSA) is 63.0 Å². The number of benzene rings is 2. The number of hydrogen-bond donors (Lipinski definition) is 1. The molecule has 0 radical (unpaired) electrons. The average molecular weight is 381 g/mol. The Balaban J connectivity index is 1.93. The van der Waals surface area contributed by atoms with E-state index >= 15 is 0 Å². The summed E-state index contributed by atoms with van der Waals surface area (Å²) < 4.78 is 2.27. The van der Waals surface area contributed by atoms with Gasteiger partial charge in [-0.3, -0.25) is 4.79 Å². The van der Waals surface area contributed by atoms with Crippen LogP contribution in [0.4, 0.5) is 0 Å². The second-order valence-corrected chi connectivity index (χ2v) is 6.39. The Morgan fingerprint density at radius 2 is 2.00 bits per heavy atom. The Labute approximate surface area is 145 Å². The van der Waals surface area contributed by atoms with Crippen molar-refractivity contribution in [3.8, 4) is 0 Å². The maximum absolute atomic E-state index is 12.8. The molecule has 5 nitrogen and oxygen atoms in total. The molecule has 0 unspecified atom stereocenters. The third-order valence-corrected chi connectivity index (χ3v) is 4.33. The van der Waals surface area contributed by atoms with Crippen LogP contribution >= 0.6 is 15.9 Å².